The molecule has 0 bridgehead atoms. The van der Waals surface area contributed by atoms with Gasteiger partial charge in [0.1, 0.15) is 0 Å². The Hall–Kier alpha value is -0.0900. The van der Waals surface area contributed by atoms with Crippen molar-refractivity contribution in [3.63, 3.8) is 0 Å². The number of halogens is 2. The molecule has 2 atom stereocenters. The molecule has 1 aliphatic heterocycles. The number of hydrogen-bond acceptors (Lipinski definition) is 2. The first-order valence-electron chi connectivity index (χ1n) is 5.77. The lowest BCUT2D eigenvalue weighted by molar-refractivity contribution is -0.0723. The Morgan fingerprint density at radius 2 is 2.29 bits per heavy atom. The molecule has 1 N–H and O–H groups in total. The van der Waals surface area contributed by atoms with Gasteiger partial charge in [-0.1, -0.05) is 33.6 Å². The molecule has 94 valence electrons. The van der Waals surface area contributed by atoms with E-state index in [0.29, 0.717) is 11.6 Å². The van der Waals surface area contributed by atoms with E-state index in [2.05, 4.69) is 15.9 Å². The van der Waals surface area contributed by atoms with Crippen LogP contribution in [-0.4, -0.2) is 18.3 Å². The van der Waals surface area contributed by atoms with Crippen molar-refractivity contribution in [2.45, 2.75) is 25.4 Å². The third kappa shape index (κ3) is 2.84. The SMILES string of the molecule is CC(O)(c1ccc(Br)cc1Cl)C1CCCOC1. The number of hydrogen-bond donors (Lipinski definition) is 1. The van der Waals surface area contributed by atoms with Crippen LogP contribution >= 0.6 is 27.5 Å². The fraction of sp³-hybridized carbons (Fsp3) is 0.538. The molecule has 1 fully saturated rings. The maximum atomic E-state index is 10.7. The Balaban J connectivity index is 2.29. The average molecular weight is 320 g/mol. The minimum absolute atomic E-state index is 0.106. The monoisotopic (exact) mass is 318 g/mol. The lowest BCUT2D eigenvalue weighted by atomic mass is 9.80. The molecular formula is C13H16BrClO2. The van der Waals surface area contributed by atoms with Crippen LogP contribution in [0.25, 0.3) is 0 Å². The zero-order valence-electron chi connectivity index (χ0n) is 9.75. The molecule has 1 aliphatic rings. The molecule has 1 saturated heterocycles. The van der Waals surface area contributed by atoms with Gasteiger partial charge in [0.25, 0.3) is 0 Å². The minimum Gasteiger partial charge on any atom is -0.385 e. The van der Waals surface area contributed by atoms with E-state index in [0.717, 1.165) is 29.5 Å². The smallest absolute Gasteiger partial charge is 0.0932 e. The van der Waals surface area contributed by atoms with Crippen molar-refractivity contribution in [2.24, 2.45) is 5.92 Å². The number of benzene rings is 1. The Bertz CT molecular complexity index is 400. The normalized spacial score (nSPS) is 24.4. The highest BCUT2D eigenvalue weighted by molar-refractivity contribution is 9.10. The summed E-state index contributed by atoms with van der Waals surface area (Å²) < 4.78 is 6.36. The Morgan fingerprint density at radius 1 is 1.53 bits per heavy atom. The zero-order valence-corrected chi connectivity index (χ0v) is 12.1. The van der Waals surface area contributed by atoms with Gasteiger partial charge in [-0.3, -0.25) is 0 Å². The second kappa shape index (κ2) is 5.27. The van der Waals surface area contributed by atoms with E-state index in [1.54, 1.807) is 0 Å². The minimum atomic E-state index is -0.932. The maximum absolute atomic E-state index is 10.7. The molecule has 1 heterocycles. The number of rotatable bonds is 2. The Morgan fingerprint density at radius 3 is 2.88 bits per heavy atom. The molecule has 1 aromatic rings. The van der Waals surface area contributed by atoms with Gasteiger partial charge in [0.05, 0.1) is 12.2 Å². The molecule has 2 rings (SSSR count). The Labute approximate surface area is 115 Å². The highest BCUT2D eigenvalue weighted by Gasteiger charge is 2.36. The molecular weight excluding hydrogens is 303 g/mol. The first-order chi connectivity index (χ1) is 8.01. The summed E-state index contributed by atoms with van der Waals surface area (Å²) in [5.41, 5.74) is -0.157. The maximum Gasteiger partial charge on any atom is 0.0932 e. The molecule has 2 nitrogen and oxygen atoms in total. The van der Waals surface area contributed by atoms with E-state index >= 15 is 0 Å². The summed E-state index contributed by atoms with van der Waals surface area (Å²) in [6, 6.07) is 5.59. The van der Waals surface area contributed by atoms with Crippen molar-refractivity contribution in [1.29, 1.82) is 0 Å². The van der Waals surface area contributed by atoms with Crippen molar-refractivity contribution in [3.05, 3.63) is 33.3 Å². The lowest BCUT2D eigenvalue weighted by Gasteiger charge is -2.36. The third-order valence-corrected chi connectivity index (χ3v) is 4.24. The van der Waals surface area contributed by atoms with E-state index in [-0.39, 0.29) is 5.92 Å². The van der Waals surface area contributed by atoms with Crippen molar-refractivity contribution in [3.8, 4) is 0 Å². The largest absolute Gasteiger partial charge is 0.385 e. The Kier molecular flexibility index (Phi) is 4.14. The number of ether oxygens (including phenoxy) is 1. The van der Waals surface area contributed by atoms with Crippen molar-refractivity contribution < 1.29 is 9.84 Å². The summed E-state index contributed by atoms with van der Waals surface area (Å²) in [7, 11) is 0. The molecule has 4 heteroatoms. The highest BCUT2D eigenvalue weighted by Crippen LogP contribution is 2.38. The molecule has 0 saturated carbocycles. The van der Waals surface area contributed by atoms with Crippen molar-refractivity contribution in [2.75, 3.05) is 13.2 Å². The first kappa shape index (κ1) is 13.3. The summed E-state index contributed by atoms with van der Waals surface area (Å²) in [5, 5.41) is 11.3. The van der Waals surface area contributed by atoms with E-state index in [1.807, 2.05) is 25.1 Å². The molecule has 0 spiro atoms. The average Bonchev–Trinajstić information content (AvgIpc) is 2.29. The van der Waals surface area contributed by atoms with Gasteiger partial charge in [0.15, 0.2) is 0 Å². The zero-order chi connectivity index (χ0) is 12.5. The summed E-state index contributed by atoms with van der Waals surface area (Å²) in [4.78, 5) is 0. The summed E-state index contributed by atoms with van der Waals surface area (Å²) >= 11 is 9.57. The predicted molar refractivity (Wildman–Crippen MR) is 72.3 cm³/mol. The van der Waals surface area contributed by atoms with Crippen LogP contribution in [0.15, 0.2) is 22.7 Å². The molecule has 0 amide bonds. The lowest BCUT2D eigenvalue weighted by Crippen LogP contribution is -2.37. The third-order valence-electron chi connectivity index (χ3n) is 3.43. The van der Waals surface area contributed by atoms with Crippen LogP contribution in [0.3, 0.4) is 0 Å². The van der Waals surface area contributed by atoms with E-state index in [4.69, 9.17) is 16.3 Å². The van der Waals surface area contributed by atoms with Crippen LogP contribution < -0.4 is 0 Å². The van der Waals surface area contributed by atoms with Crippen molar-refractivity contribution >= 4 is 27.5 Å². The van der Waals surface area contributed by atoms with Gasteiger partial charge in [0, 0.05) is 27.6 Å². The van der Waals surface area contributed by atoms with Crippen LogP contribution in [0.4, 0.5) is 0 Å². The van der Waals surface area contributed by atoms with Crippen LogP contribution in [0.1, 0.15) is 25.3 Å². The van der Waals surface area contributed by atoms with Crippen LogP contribution in [0, 0.1) is 5.92 Å². The van der Waals surface area contributed by atoms with Gasteiger partial charge in [-0.25, -0.2) is 0 Å². The second-order valence-corrected chi connectivity index (χ2v) is 6.01. The molecule has 2 unspecified atom stereocenters. The van der Waals surface area contributed by atoms with E-state index in [1.165, 1.54) is 0 Å². The molecule has 17 heavy (non-hydrogen) atoms. The standard InChI is InChI=1S/C13H16BrClO2/c1-13(16,9-3-2-6-17-8-9)11-5-4-10(14)7-12(11)15/h4-5,7,9,16H,2-3,6,8H2,1H3. The highest BCUT2D eigenvalue weighted by atomic mass is 79.9. The van der Waals surface area contributed by atoms with E-state index in [9.17, 15) is 5.11 Å². The van der Waals surface area contributed by atoms with Crippen LogP contribution in [-0.2, 0) is 10.3 Å². The first-order valence-corrected chi connectivity index (χ1v) is 6.94. The topological polar surface area (TPSA) is 29.5 Å². The van der Waals surface area contributed by atoms with Crippen molar-refractivity contribution in [1.82, 2.24) is 0 Å². The second-order valence-electron chi connectivity index (χ2n) is 4.69. The molecule has 0 aromatic heterocycles. The predicted octanol–water partition coefficient (Wildman–Crippen LogP) is 3.74. The number of aliphatic hydroxyl groups is 1. The fourth-order valence-electron chi connectivity index (χ4n) is 2.30. The van der Waals surface area contributed by atoms with Gasteiger partial charge in [-0.05, 0) is 31.9 Å². The fourth-order valence-corrected chi connectivity index (χ4v) is 3.17. The van der Waals surface area contributed by atoms with Gasteiger partial charge >= 0.3 is 0 Å². The van der Waals surface area contributed by atoms with Gasteiger partial charge in [-0.2, -0.15) is 0 Å². The van der Waals surface area contributed by atoms with Gasteiger partial charge in [0.2, 0.25) is 0 Å². The van der Waals surface area contributed by atoms with Crippen LogP contribution in [0.5, 0.6) is 0 Å². The van der Waals surface area contributed by atoms with Crippen LogP contribution in [0.2, 0.25) is 5.02 Å². The van der Waals surface area contributed by atoms with Gasteiger partial charge in [-0.15, -0.1) is 0 Å². The van der Waals surface area contributed by atoms with E-state index < -0.39 is 5.60 Å². The summed E-state index contributed by atoms with van der Waals surface area (Å²) in [5.74, 6) is 0.106. The summed E-state index contributed by atoms with van der Waals surface area (Å²) in [6.45, 7) is 3.21. The molecule has 0 radical (unpaired) electrons. The molecule has 1 aromatic carbocycles. The van der Waals surface area contributed by atoms with Gasteiger partial charge < -0.3 is 9.84 Å². The quantitative estimate of drug-likeness (QED) is 0.900. The molecule has 0 aliphatic carbocycles. The summed E-state index contributed by atoms with van der Waals surface area (Å²) in [6.07, 6.45) is 1.97.